The zero-order valence-corrected chi connectivity index (χ0v) is 10.6. The molecule has 1 amide bonds. The molecule has 0 atom stereocenters. The summed E-state index contributed by atoms with van der Waals surface area (Å²) in [6, 6.07) is 0. The van der Waals surface area contributed by atoms with Crippen LogP contribution in [0.3, 0.4) is 0 Å². The average molecular weight is 270 g/mol. The molecule has 0 fully saturated rings. The fourth-order valence-corrected chi connectivity index (χ4v) is 1.28. The van der Waals surface area contributed by atoms with Gasteiger partial charge in [0, 0.05) is 26.7 Å². The molecule has 18 heavy (non-hydrogen) atoms. The van der Waals surface area contributed by atoms with Gasteiger partial charge in [0.05, 0.1) is 6.54 Å². The van der Waals surface area contributed by atoms with Crippen LogP contribution >= 0.6 is 0 Å². The molecule has 4 nitrogen and oxygen atoms in total. The van der Waals surface area contributed by atoms with E-state index >= 15 is 0 Å². The Morgan fingerprint density at radius 1 is 1.17 bits per heavy atom. The number of methoxy groups -OCH3 is 1. The van der Waals surface area contributed by atoms with Crippen LogP contribution in [0.5, 0.6) is 0 Å². The lowest BCUT2D eigenvalue weighted by molar-refractivity contribution is -0.135. The van der Waals surface area contributed by atoms with E-state index in [-0.39, 0.29) is 18.9 Å². The molecule has 7 heteroatoms. The highest BCUT2D eigenvalue weighted by Crippen LogP contribution is 2.21. The van der Waals surface area contributed by atoms with Crippen LogP contribution in [0.2, 0.25) is 0 Å². The molecule has 0 aliphatic carbocycles. The third kappa shape index (κ3) is 13.2. The molecule has 108 valence electrons. The number of hydrogen-bond acceptors (Lipinski definition) is 3. The van der Waals surface area contributed by atoms with Gasteiger partial charge in [-0.15, -0.1) is 0 Å². The maximum atomic E-state index is 11.8. The zero-order valence-electron chi connectivity index (χ0n) is 10.6. The van der Waals surface area contributed by atoms with Gasteiger partial charge in [-0.3, -0.25) is 4.79 Å². The molecule has 0 aromatic carbocycles. The van der Waals surface area contributed by atoms with E-state index in [1.165, 1.54) is 0 Å². The topological polar surface area (TPSA) is 50.4 Å². The minimum atomic E-state index is -4.08. The highest BCUT2D eigenvalue weighted by atomic mass is 19.4. The maximum Gasteiger partial charge on any atom is 0.389 e. The SMILES string of the molecule is COCCCNC(=O)CNCCCCC(F)(F)F. The molecule has 0 aliphatic heterocycles. The summed E-state index contributed by atoms with van der Waals surface area (Å²) in [7, 11) is 1.59. The van der Waals surface area contributed by atoms with E-state index in [2.05, 4.69) is 10.6 Å². The van der Waals surface area contributed by atoms with Crippen LogP contribution in [0.15, 0.2) is 0 Å². The van der Waals surface area contributed by atoms with Crippen LogP contribution in [-0.4, -0.2) is 45.4 Å². The largest absolute Gasteiger partial charge is 0.389 e. The molecule has 0 unspecified atom stereocenters. The number of halogens is 3. The fraction of sp³-hybridized carbons (Fsp3) is 0.909. The van der Waals surface area contributed by atoms with Crippen molar-refractivity contribution >= 4 is 5.91 Å². The maximum absolute atomic E-state index is 11.8. The van der Waals surface area contributed by atoms with Gasteiger partial charge < -0.3 is 15.4 Å². The molecular weight excluding hydrogens is 249 g/mol. The molecule has 0 bridgehead atoms. The van der Waals surface area contributed by atoms with Crippen LogP contribution in [0, 0.1) is 0 Å². The third-order valence-electron chi connectivity index (χ3n) is 2.20. The molecular formula is C11H21F3N2O2. The van der Waals surface area contributed by atoms with E-state index in [0.29, 0.717) is 26.1 Å². The minimum absolute atomic E-state index is 0.0892. The zero-order chi connectivity index (χ0) is 13.9. The van der Waals surface area contributed by atoms with E-state index < -0.39 is 12.6 Å². The standard InChI is InChI=1S/C11H21F3N2O2/c1-18-8-4-7-16-10(17)9-15-6-3-2-5-11(12,13)14/h15H,2-9H2,1H3,(H,16,17). The number of hydrogen-bond donors (Lipinski definition) is 2. The number of carbonyl (C=O) groups is 1. The molecule has 0 saturated heterocycles. The predicted molar refractivity (Wildman–Crippen MR) is 62.3 cm³/mol. The Labute approximate surface area is 105 Å². The van der Waals surface area contributed by atoms with Crippen molar-refractivity contribution in [3.63, 3.8) is 0 Å². The van der Waals surface area contributed by atoms with E-state index in [1.54, 1.807) is 7.11 Å². The molecule has 0 aromatic rings. The summed E-state index contributed by atoms with van der Waals surface area (Å²) in [5, 5.41) is 5.47. The molecule has 0 rings (SSSR count). The monoisotopic (exact) mass is 270 g/mol. The highest BCUT2D eigenvalue weighted by molar-refractivity contribution is 5.77. The summed E-state index contributed by atoms with van der Waals surface area (Å²) in [5.74, 6) is -0.151. The van der Waals surface area contributed by atoms with Crippen molar-refractivity contribution < 1.29 is 22.7 Å². The van der Waals surface area contributed by atoms with Gasteiger partial charge in [0.15, 0.2) is 0 Å². The Hall–Kier alpha value is -0.820. The Balaban J connectivity index is 3.25. The molecule has 0 radical (unpaired) electrons. The smallest absolute Gasteiger partial charge is 0.385 e. The van der Waals surface area contributed by atoms with Gasteiger partial charge in [0.25, 0.3) is 0 Å². The number of alkyl halides is 3. The molecule has 2 N–H and O–H groups in total. The van der Waals surface area contributed by atoms with Gasteiger partial charge in [-0.25, -0.2) is 0 Å². The third-order valence-corrected chi connectivity index (χ3v) is 2.20. The molecule has 0 aromatic heterocycles. The minimum Gasteiger partial charge on any atom is -0.385 e. The normalized spacial score (nSPS) is 11.6. The summed E-state index contributed by atoms with van der Waals surface area (Å²) in [6.07, 6.45) is -3.60. The number of rotatable bonds is 10. The Morgan fingerprint density at radius 2 is 1.89 bits per heavy atom. The van der Waals surface area contributed by atoms with Gasteiger partial charge in [-0.1, -0.05) is 0 Å². The van der Waals surface area contributed by atoms with Crippen molar-refractivity contribution in [3.8, 4) is 0 Å². The van der Waals surface area contributed by atoms with Crippen molar-refractivity contribution in [3.05, 3.63) is 0 Å². The van der Waals surface area contributed by atoms with Gasteiger partial charge >= 0.3 is 6.18 Å². The van der Waals surface area contributed by atoms with Crippen molar-refractivity contribution in [2.24, 2.45) is 0 Å². The summed E-state index contributed by atoms with van der Waals surface area (Å²) in [6.45, 7) is 1.69. The average Bonchev–Trinajstić information content (AvgIpc) is 2.28. The van der Waals surface area contributed by atoms with E-state index in [9.17, 15) is 18.0 Å². The van der Waals surface area contributed by atoms with Crippen molar-refractivity contribution in [2.75, 3.05) is 33.4 Å². The van der Waals surface area contributed by atoms with Gasteiger partial charge in [-0.05, 0) is 25.8 Å². The quantitative estimate of drug-likeness (QED) is 0.591. The predicted octanol–water partition coefficient (Wildman–Crippen LogP) is 1.46. The van der Waals surface area contributed by atoms with E-state index in [0.717, 1.165) is 6.42 Å². The second-order valence-electron chi connectivity index (χ2n) is 3.95. The molecule has 0 heterocycles. The lowest BCUT2D eigenvalue weighted by Crippen LogP contribution is -2.35. The second-order valence-corrected chi connectivity index (χ2v) is 3.95. The second kappa shape index (κ2) is 10.1. The summed E-state index contributed by atoms with van der Waals surface area (Å²) >= 11 is 0. The molecule has 0 spiro atoms. The summed E-state index contributed by atoms with van der Waals surface area (Å²) in [5.41, 5.74) is 0. The van der Waals surface area contributed by atoms with Crippen molar-refractivity contribution in [1.29, 1.82) is 0 Å². The number of ether oxygens (including phenoxy) is 1. The Kier molecular flexibility index (Phi) is 9.67. The van der Waals surface area contributed by atoms with Crippen LogP contribution in [0.4, 0.5) is 13.2 Å². The molecule has 0 saturated carbocycles. The number of nitrogens with one attached hydrogen (secondary N) is 2. The Morgan fingerprint density at radius 3 is 2.50 bits per heavy atom. The lowest BCUT2D eigenvalue weighted by atomic mass is 10.2. The van der Waals surface area contributed by atoms with E-state index in [4.69, 9.17) is 4.74 Å². The van der Waals surface area contributed by atoms with Crippen LogP contribution in [0.25, 0.3) is 0 Å². The van der Waals surface area contributed by atoms with Gasteiger partial charge in [-0.2, -0.15) is 13.2 Å². The Bertz CT molecular complexity index is 223. The first-order chi connectivity index (χ1) is 8.45. The number of unbranched alkanes of at least 4 members (excludes halogenated alkanes) is 1. The first-order valence-electron chi connectivity index (χ1n) is 5.99. The van der Waals surface area contributed by atoms with Crippen LogP contribution in [-0.2, 0) is 9.53 Å². The first kappa shape index (κ1) is 17.2. The lowest BCUT2D eigenvalue weighted by Gasteiger charge is -2.07. The number of amides is 1. The van der Waals surface area contributed by atoms with Crippen molar-refractivity contribution in [1.82, 2.24) is 10.6 Å². The highest BCUT2D eigenvalue weighted by Gasteiger charge is 2.25. The van der Waals surface area contributed by atoms with Gasteiger partial charge in [0.2, 0.25) is 5.91 Å². The fourth-order valence-electron chi connectivity index (χ4n) is 1.28. The number of carbonyl (C=O) groups excluding carboxylic acids is 1. The molecule has 0 aliphatic rings. The first-order valence-corrected chi connectivity index (χ1v) is 5.99. The van der Waals surface area contributed by atoms with Crippen molar-refractivity contribution in [2.45, 2.75) is 31.9 Å². The van der Waals surface area contributed by atoms with Crippen LogP contribution < -0.4 is 10.6 Å². The summed E-state index contributed by atoms with van der Waals surface area (Å²) < 4.78 is 40.2. The van der Waals surface area contributed by atoms with Gasteiger partial charge in [0.1, 0.15) is 0 Å². The summed E-state index contributed by atoms with van der Waals surface area (Å²) in [4.78, 5) is 11.2. The van der Waals surface area contributed by atoms with E-state index in [1.807, 2.05) is 0 Å². The van der Waals surface area contributed by atoms with Crippen LogP contribution in [0.1, 0.15) is 25.7 Å².